The zero-order valence-corrected chi connectivity index (χ0v) is 17.2. The van der Waals surface area contributed by atoms with Crippen LogP contribution in [0.5, 0.6) is 0 Å². The first-order valence-electron chi connectivity index (χ1n) is 8.85. The first kappa shape index (κ1) is 20.1. The minimum Gasteiger partial charge on any atom is -0.323 e. The van der Waals surface area contributed by atoms with Crippen LogP contribution in [-0.4, -0.2) is 30.5 Å². The number of hydrogen-bond donors (Lipinski definition) is 1. The Morgan fingerprint density at radius 1 is 1.20 bits per heavy atom. The van der Waals surface area contributed by atoms with E-state index in [0.29, 0.717) is 22.1 Å². The highest BCUT2D eigenvalue weighted by Crippen LogP contribution is 2.29. The molecule has 2 aromatic carbocycles. The van der Waals surface area contributed by atoms with Gasteiger partial charge in [0.1, 0.15) is 18.1 Å². The maximum absolute atomic E-state index is 14.7. The van der Waals surface area contributed by atoms with Crippen molar-refractivity contribution in [3.8, 4) is 16.9 Å². The highest BCUT2D eigenvalue weighted by Gasteiger charge is 2.14. The minimum absolute atomic E-state index is 0.121. The number of imidazole rings is 1. The molecule has 152 valence electrons. The lowest BCUT2D eigenvalue weighted by atomic mass is 10.1. The molecule has 0 saturated carbocycles. The Bertz CT molecular complexity index is 1240. The van der Waals surface area contributed by atoms with E-state index >= 15 is 0 Å². The van der Waals surface area contributed by atoms with Crippen molar-refractivity contribution in [1.82, 2.24) is 24.5 Å². The van der Waals surface area contributed by atoms with E-state index in [1.807, 2.05) is 6.92 Å². The molecule has 0 aliphatic rings. The summed E-state index contributed by atoms with van der Waals surface area (Å²) in [5, 5.41) is 11.1. The number of aromatic nitrogens is 5. The Labute approximate surface area is 181 Å². The van der Waals surface area contributed by atoms with Gasteiger partial charge in [0, 0.05) is 17.4 Å². The van der Waals surface area contributed by atoms with Crippen molar-refractivity contribution in [3.05, 3.63) is 76.7 Å². The number of nitrogens with one attached hydrogen (secondary N) is 1. The lowest BCUT2D eigenvalue weighted by molar-refractivity contribution is -0.116. The number of benzene rings is 2. The van der Waals surface area contributed by atoms with Crippen molar-refractivity contribution in [3.63, 3.8) is 0 Å². The molecule has 1 N–H and O–H groups in total. The summed E-state index contributed by atoms with van der Waals surface area (Å²) >= 11 is 12.0. The number of carbonyl (C=O) groups excluding carboxylic acids is 1. The van der Waals surface area contributed by atoms with Crippen LogP contribution in [0.2, 0.25) is 10.0 Å². The van der Waals surface area contributed by atoms with Gasteiger partial charge in [-0.2, -0.15) is 0 Å². The molecule has 1 amide bonds. The predicted molar refractivity (Wildman–Crippen MR) is 112 cm³/mol. The van der Waals surface area contributed by atoms with Gasteiger partial charge in [-0.25, -0.2) is 14.1 Å². The summed E-state index contributed by atoms with van der Waals surface area (Å²) in [4.78, 5) is 16.4. The fourth-order valence-electron chi connectivity index (χ4n) is 2.87. The number of anilines is 1. The van der Waals surface area contributed by atoms with Crippen LogP contribution in [0, 0.1) is 12.7 Å². The molecule has 4 rings (SSSR count). The molecule has 0 unspecified atom stereocenters. The standard InChI is InChI=1S/C20H15Cl2FN6O/c1-12-8-28(11-24-12)13-5-6-14(16(23)7-13)18-9-29(27-26-18)10-19(30)25-17-4-2-3-15(21)20(17)22/h2-9,11H,10H2,1H3,(H,25,30). The number of hydrogen-bond acceptors (Lipinski definition) is 4. The number of amides is 1. The first-order chi connectivity index (χ1) is 14.4. The fourth-order valence-corrected chi connectivity index (χ4v) is 3.22. The van der Waals surface area contributed by atoms with E-state index in [4.69, 9.17) is 23.2 Å². The van der Waals surface area contributed by atoms with Crippen LogP contribution in [0.4, 0.5) is 10.1 Å². The molecule has 0 aliphatic carbocycles. The summed E-state index contributed by atoms with van der Waals surface area (Å²) in [6, 6.07) is 9.69. The van der Waals surface area contributed by atoms with Gasteiger partial charge < -0.3 is 9.88 Å². The molecule has 0 radical (unpaired) electrons. The van der Waals surface area contributed by atoms with Gasteiger partial charge in [-0.05, 0) is 37.3 Å². The van der Waals surface area contributed by atoms with Crippen molar-refractivity contribution in [2.24, 2.45) is 0 Å². The van der Waals surface area contributed by atoms with E-state index in [1.165, 1.54) is 16.9 Å². The van der Waals surface area contributed by atoms with Crippen molar-refractivity contribution in [2.75, 3.05) is 5.32 Å². The second-order valence-electron chi connectivity index (χ2n) is 6.54. The number of aryl methyl sites for hydroxylation is 1. The van der Waals surface area contributed by atoms with Crippen LogP contribution in [0.25, 0.3) is 16.9 Å². The molecule has 0 saturated heterocycles. The Morgan fingerprint density at radius 3 is 2.77 bits per heavy atom. The van der Waals surface area contributed by atoms with Gasteiger partial charge in [-0.3, -0.25) is 4.79 Å². The third kappa shape index (κ3) is 4.19. The monoisotopic (exact) mass is 444 g/mol. The van der Waals surface area contributed by atoms with E-state index in [-0.39, 0.29) is 23.0 Å². The first-order valence-corrected chi connectivity index (χ1v) is 9.61. The highest BCUT2D eigenvalue weighted by molar-refractivity contribution is 6.43. The molecular weight excluding hydrogens is 430 g/mol. The summed E-state index contributed by atoms with van der Waals surface area (Å²) in [5.41, 5.74) is 2.46. The second kappa shape index (κ2) is 8.25. The van der Waals surface area contributed by atoms with Crippen molar-refractivity contribution in [2.45, 2.75) is 13.5 Å². The lowest BCUT2D eigenvalue weighted by Crippen LogP contribution is -2.19. The van der Waals surface area contributed by atoms with Crippen LogP contribution < -0.4 is 5.32 Å². The van der Waals surface area contributed by atoms with Crippen LogP contribution in [-0.2, 0) is 11.3 Å². The molecule has 0 spiro atoms. The van der Waals surface area contributed by atoms with E-state index in [0.717, 1.165) is 5.69 Å². The summed E-state index contributed by atoms with van der Waals surface area (Å²) < 4.78 is 17.7. The van der Waals surface area contributed by atoms with Crippen molar-refractivity contribution in [1.29, 1.82) is 0 Å². The molecule has 7 nitrogen and oxygen atoms in total. The molecule has 0 fully saturated rings. The minimum atomic E-state index is -0.457. The molecule has 2 heterocycles. The molecule has 0 atom stereocenters. The Hall–Kier alpha value is -3.23. The molecule has 4 aromatic rings. The predicted octanol–water partition coefficient (Wildman–Crippen LogP) is 4.52. The third-order valence-corrected chi connectivity index (χ3v) is 5.13. The lowest BCUT2D eigenvalue weighted by Gasteiger charge is -2.07. The van der Waals surface area contributed by atoms with E-state index in [1.54, 1.807) is 47.4 Å². The van der Waals surface area contributed by atoms with Gasteiger partial charge >= 0.3 is 0 Å². The number of halogens is 3. The van der Waals surface area contributed by atoms with Gasteiger partial charge in [0.2, 0.25) is 5.91 Å². The fraction of sp³-hybridized carbons (Fsp3) is 0.100. The third-order valence-electron chi connectivity index (χ3n) is 4.31. The number of carbonyl (C=O) groups is 1. The zero-order valence-electron chi connectivity index (χ0n) is 15.7. The molecule has 30 heavy (non-hydrogen) atoms. The second-order valence-corrected chi connectivity index (χ2v) is 7.32. The van der Waals surface area contributed by atoms with Gasteiger partial charge in [-0.15, -0.1) is 5.10 Å². The average molecular weight is 445 g/mol. The SMILES string of the molecule is Cc1cn(-c2ccc(-c3cn(CC(=O)Nc4cccc(Cl)c4Cl)nn3)c(F)c2)cn1. The van der Waals surface area contributed by atoms with Gasteiger partial charge in [0.15, 0.2) is 0 Å². The molecular formula is C20H15Cl2FN6O. The van der Waals surface area contributed by atoms with Crippen molar-refractivity contribution < 1.29 is 9.18 Å². The maximum atomic E-state index is 14.7. The van der Waals surface area contributed by atoms with E-state index < -0.39 is 5.82 Å². The summed E-state index contributed by atoms with van der Waals surface area (Å²) in [7, 11) is 0. The normalized spacial score (nSPS) is 10.9. The average Bonchev–Trinajstić information content (AvgIpc) is 3.34. The summed E-state index contributed by atoms with van der Waals surface area (Å²) in [6.07, 6.45) is 4.92. The largest absolute Gasteiger partial charge is 0.323 e. The summed E-state index contributed by atoms with van der Waals surface area (Å²) in [6.45, 7) is 1.74. The Morgan fingerprint density at radius 2 is 2.03 bits per heavy atom. The van der Waals surface area contributed by atoms with Crippen LogP contribution >= 0.6 is 23.2 Å². The molecule has 10 heteroatoms. The van der Waals surface area contributed by atoms with Gasteiger partial charge in [0.05, 0.1) is 34.0 Å². The quantitative estimate of drug-likeness (QED) is 0.490. The van der Waals surface area contributed by atoms with Crippen LogP contribution in [0.15, 0.2) is 55.1 Å². The Balaban J connectivity index is 1.48. The molecule has 0 bridgehead atoms. The maximum Gasteiger partial charge on any atom is 0.246 e. The van der Waals surface area contributed by atoms with Crippen molar-refractivity contribution >= 4 is 34.8 Å². The smallest absolute Gasteiger partial charge is 0.246 e. The number of nitrogens with zero attached hydrogens (tertiary/aromatic N) is 5. The topological polar surface area (TPSA) is 77.6 Å². The Kier molecular flexibility index (Phi) is 5.52. The van der Waals surface area contributed by atoms with E-state index in [9.17, 15) is 9.18 Å². The highest BCUT2D eigenvalue weighted by atomic mass is 35.5. The van der Waals surface area contributed by atoms with Crippen LogP contribution in [0.3, 0.4) is 0 Å². The molecule has 2 aromatic heterocycles. The zero-order chi connectivity index (χ0) is 21.3. The van der Waals surface area contributed by atoms with Gasteiger partial charge in [0.25, 0.3) is 0 Å². The number of rotatable bonds is 5. The molecule has 0 aliphatic heterocycles. The van der Waals surface area contributed by atoms with E-state index in [2.05, 4.69) is 20.6 Å². The van der Waals surface area contributed by atoms with Gasteiger partial charge in [-0.1, -0.05) is 34.5 Å². The van der Waals surface area contributed by atoms with Crippen LogP contribution in [0.1, 0.15) is 5.69 Å². The summed E-state index contributed by atoms with van der Waals surface area (Å²) in [5.74, 6) is -0.831.